The van der Waals surface area contributed by atoms with Crippen molar-refractivity contribution >= 4 is 0 Å². The number of hydrogen-bond acceptors (Lipinski definition) is 2. The lowest BCUT2D eigenvalue weighted by Gasteiger charge is -2.48. The lowest BCUT2D eigenvalue weighted by atomic mass is 9.90. The van der Waals surface area contributed by atoms with Crippen molar-refractivity contribution in [1.29, 1.82) is 0 Å². The van der Waals surface area contributed by atoms with Gasteiger partial charge in [0.25, 0.3) is 0 Å². The van der Waals surface area contributed by atoms with Crippen LogP contribution in [0, 0.1) is 11.8 Å². The minimum Gasteiger partial charge on any atom is -0.311 e. The number of rotatable bonds is 4. The van der Waals surface area contributed by atoms with Crippen LogP contribution in [0.5, 0.6) is 0 Å². The summed E-state index contributed by atoms with van der Waals surface area (Å²) in [5, 5.41) is 3.72. The third kappa shape index (κ3) is 3.03. The highest BCUT2D eigenvalue weighted by atomic mass is 15.3. The number of hydrogen-bond donors (Lipinski definition) is 1. The first kappa shape index (κ1) is 13.4. The summed E-state index contributed by atoms with van der Waals surface area (Å²) in [6.45, 7) is 14.4. The van der Waals surface area contributed by atoms with E-state index in [9.17, 15) is 0 Å². The maximum Gasteiger partial charge on any atom is 0.0198 e. The largest absolute Gasteiger partial charge is 0.311 e. The minimum absolute atomic E-state index is 0.413. The standard InChI is InChI=1S/C15H30N2/c1-11(2)8-14-10-17(12(3)9-16-14)15(4,5)13-6-7-13/h11-14,16H,6-10H2,1-5H3. The zero-order valence-electron chi connectivity index (χ0n) is 12.3. The first-order valence-electron chi connectivity index (χ1n) is 7.41. The fraction of sp³-hybridized carbons (Fsp3) is 1.00. The van der Waals surface area contributed by atoms with Crippen LogP contribution in [0.3, 0.4) is 0 Å². The molecule has 1 N–H and O–H groups in total. The lowest BCUT2D eigenvalue weighted by molar-refractivity contribution is 0.0210. The van der Waals surface area contributed by atoms with E-state index in [1.807, 2.05) is 0 Å². The highest BCUT2D eigenvalue weighted by molar-refractivity contribution is 5.00. The SMILES string of the molecule is CC(C)CC1CN(C(C)(C)C2CC2)C(C)CN1. The van der Waals surface area contributed by atoms with Crippen LogP contribution in [0.4, 0.5) is 0 Å². The van der Waals surface area contributed by atoms with E-state index < -0.39 is 0 Å². The molecular weight excluding hydrogens is 208 g/mol. The van der Waals surface area contributed by atoms with E-state index in [0.717, 1.165) is 18.4 Å². The van der Waals surface area contributed by atoms with Crippen molar-refractivity contribution in [2.45, 2.75) is 71.5 Å². The van der Waals surface area contributed by atoms with E-state index in [-0.39, 0.29) is 0 Å². The van der Waals surface area contributed by atoms with Crippen LogP contribution in [0.15, 0.2) is 0 Å². The van der Waals surface area contributed by atoms with Gasteiger partial charge in [0, 0.05) is 30.7 Å². The maximum atomic E-state index is 3.72. The summed E-state index contributed by atoms with van der Waals surface area (Å²) in [6, 6.07) is 1.39. The fourth-order valence-electron chi connectivity index (χ4n) is 3.48. The lowest BCUT2D eigenvalue weighted by Crippen LogP contribution is -2.62. The van der Waals surface area contributed by atoms with Crippen LogP contribution < -0.4 is 5.32 Å². The molecule has 0 aromatic rings. The second-order valence-corrected chi connectivity index (χ2v) is 7.16. The van der Waals surface area contributed by atoms with Crippen LogP contribution >= 0.6 is 0 Å². The Balaban J connectivity index is 1.99. The molecule has 2 aliphatic rings. The Morgan fingerprint density at radius 3 is 2.47 bits per heavy atom. The molecule has 1 saturated carbocycles. The first-order chi connectivity index (χ1) is 7.91. The average Bonchev–Trinajstić information content (AvgIpc) is 3.03. The van der Waals surface area contributed by atoms with E-state index >= 15 is 0 Å². The summed E-state index contributed by atoms with van der Waals surface area (Å²) in [6.07, 6.45) is 4.20. The molecule has 0 aromatic heterocycles. The summed E-state index contributed by atoms with van der Waals surface area (Å²) < 4.78 is 0. The van der Waals surface area contributed by atoms with Gasteiger partial charge in [-0.25, -0.2) is 0 Å². The van der Waals surface area contributed by atoms with Gasteiger partial charge in [-0.1, -0.05) is 13.8 Å². The molecule has 2 fully saturated rings. The summed E-state index contributed by atoms with van der Waals surface area (Å²) in [7, 11) is 0. The van der Waals surface area contributed by atoms with Crippen molar-refractivity contribution in [3.05, 3.63) is 0 Å². The number of nitrogens with one attached hydrogen (secondary N) is 1. The quantitative estimate of drug-likeness (QED) is 0.810. The van der Waals surface area contributed by atoms with Crippen molar-refractivity contribution in [1.82, 2.24) is 10.2 Å². The molecule has 0 spiro atoms. The molecule has 1 aliphatic carbocycles. The Morgan fingerprint density at radius 1 is 1.29 bits per heavy atom. The van der Waals surface area contributed by atoms with E-state index in [1.165, 1.54) is 25.8 Å². The Morgan fingerprint density at radius 2 is 1.94 bits per heavy atom. The van der Waals surface area contributed by atoms with Gasteiger partial charge in [0.15, 0.2) is 0 Å². The van der Waals surface area contributed by atoms with Crippen LogP contribution in [-0.4, -0.2) is 35.6 Å². The summed E-state index contributed by atoms with van der Waals surface area (Å²) >= 11 is 0. The van der Waals surface area contributed by atoms with Gasteiger partial charge in [0.2, 0.25) is 0 Å². The normalized spacial score (nSPS) is 32.1. The Labute approximate surface area is 107 Å². The third-order valence-electron chi connectivity index (χ3n) is 4.72. The van der Waals surface area contributed by atoms with Gasteiger partial charge in [-0.2, -0.15) is 0 Å². The number of nitrogens with zero attached hydrogens (tertiary/aromatic N) is 1. The van der Waals surface area contributed by atoms with Crippen molar-refractivity contribution in [2.24, 2.45) is 11.8 Å². The molecule has 2 heteroatoms. The molecule has 2 rings (SSSR count). The van der Waals surface area contributed by atoms with Gasteiger partial charge in [-0.05, 0) is 51.9 Å². The topological polar surface area (TPSA) is 15.3 Å². The molecule has 17 heavy (non-hydrogen) atoms. The van der Waals surface area contributed by atoms with Crippen molar-refractivity contribution in [3.63, 3.8) is 0 Å². The monoisotopic (exact) mass is 238 g/mol. The predicted molar refractivity (Wildman–Crippen MR) is 74.2 cm³/mol. The zero-order valence-corrected chi connectivity index (χ0v) is 12.3. The van der Waals surface area contributed by atoms with E-state index in [2.05, 4.69) is 44.8 Å². The van der Waals surface area contributed by atoms with Gasteiger partial charge in [0.1, 0.15) is 0 Å². The number of piperazine rings is 1. The van der Waals surface area contributed by atoms with Crippen LogP contribution in [0.25, 0.3) is 0 Å². The molecule has 0 bridgehead atoms. The molecule has 2 unspecified atom stereocenters. The van der Waals surface area contributed by atoms with Gasteiger partial charge in [-0.15, -0.1) is 0 Å². The maximum absolute atomic E-state index is 3.72. The molecule has 1 heterocycles. The van der Waals surface area contributed by atoms with Crippen molar-refractivity contribution in [3.8, 4) is 0 Å². The van der Waals surface area contributed by atoms with Crippen molar-refractivity contribution < 1.29 is 0 Å². The summed E-state index contributed by atoms with van der Waals surface area (Å²) in [5.74, 6) is 1.74. The highest BCUT2D eigenvalue weighted by Gasteiger charge is 2.45. The van der Waals surface area contributed by atoms with Crippen LogP contribution in [0.1, 0.15) is 53.9 Å². The molecule has 0 amide bonds. The molecule has 2 atom stereocenters. The van der Waals surface area contributed by atoms with Gasteiger partial charge < -0.3 is 5.32 Å². The first-order valence-corrected chi connectivity index (χ1v) is 7.41. The molecule has 100 valence electrons. The third-order valence-corrected chi connectivity index (χ3v) is 4.72. The molecule has 0 radical (unpaired) electrons. The van der Waals surface area contributed by atoms with E-state index in [0.29, 0.717) is 17.6 Å². The summed E-state index contributed by atoms with van der Waals surface area (Å²) in [5.41, 5.74) is 0.413. The second-order valence-electron chi connectivity index (χ2n) is 7.16. The van der Waals surface area contributed by atoms with E-state index in [1.54, 1.807) is 0 Å². The molecule has 0 aromatic carbocycles. The smallest absolute Gasteiger partial charge is 0.0198 e. The van der Waals surface area contributed by atoms with Crippen LogP contribution in [-0.2, 0) is 0 Å². The second kappa shape index (κ2) is 4.89. The molecule has 2 nitrogen and oxygen atoms in total. The predicted octanol–water partition coefficient (Wildman–Crippen LogP) is 2.88. The fourth-order valence-corrected chi connectivity index (χ4v) is 3.48. The van der Waals surface area contributed by atoms with E-state index in [4.69, 9.17) is 0 Å². The Hall–Kier alpha value is -0.0800. The van der Waals surface area contributed by atoms with Crippen LogP contribution in [0.2, 0.25) is 0 Å². The zero-order chi connectivity index (χ0) is 12.6. The molecule has 1 saturated heterocycles. The molecule has 1 aliphatic heterocycles. The Kier molecular flexibility index (Phi) is 3.84. The van der Waals surface area contributed by atoms with Crippen molar-refractivity contribution in [2.75, 3.05) is 13.1 Å². The van der Waals surface area contributed by atoms with Gasteiger partial charge in [0.05, 0.1) is 0 Å². The van der Waals surface area contributed by atoms with Gasteiger partial charge in [-0.3, -0.25) is 4.90 Å². The highest BCUT2D eigenvalue weighted by Crippen LogP contribution is 2.44. The summed E-state index contributed by atoms with van der Waals surface area (Å²) in [4.78, 5) is 2.77. The average molecular weight is 238 g/mol. The minimum atomic E-state index is 0.413. The molecular formula is C15H30N2. The Bertz CT molecular complexity index is 256. The van der Waals surface area contributed by atoms with Gasteiger partial charge >= 0.3 is 0 Å².